The van der Waals surface area contributed by atoms with Crippen LogP contribution in [0.5, 0.6) is 0 Å². The van der Waals surface area contributed by atoms with Crippen LogP contribution in [0, 0.1) is 5.92 Å². The summed E-state index contributed by atoms with van der Waals surface area (Å²) in [7, 11) is 0. The molecule has 12 heteroatoms. The summed E-state index contributed by atoms with van der Waals surface area (Å²) in [6.07, 6.45) is -4.79. The van der Waals surface area contributed by atoms with Crippen molar-refractivity contribution in [3.8, 4) is 0 Å². The quantitative estimate of drug-likeness (QED) is 0.440. The third-order valence-corrected chi connectivity index (χ3v) is 7.58. The predicted octanol–water partition coefficient (Wildman–Crippen LogP) is 4.10. The number of nitrogens with zero attached hydrogens (tertiary/aromatic N) is 6. The van der Waals surface area contributed by atoms with Crippen LogP contribution >= 0.6 is 11.3 Å². The fraction of sp³-hybridized carbons (Fsp3) is 0.346. The summed E-state index contributed by atoms with van der Waals surface area (Å²) >= 11 is 1.11. The molecule has 1 unspecified atom stereocenters. The minimum absolute atomic E-state index is 0.0180. The predicted molar refractivity (Wildman–Crippen MR) is 141 cm³/mol. The molecular formula is C26H25F3N6O2S. The first-order valence-electron chi connectivity index (χ1n) is 12.2. The van der Waals surface area contributed by atoms with Gasteiger partial charge in [-0.3, -0.25) is 19.5 Å². The van der Waals surface area contributed by atoms with Gasteiger partial charge >= 0.3 is 6.18 Å². The smallest absolute Gasteiger partial charge is 0.336 e. The summed E-state index contributed by atoms with van der Waals surface area (Å²) in [5, 5.41) is 4.49. The topological polar surface area (TPSA) is 81.5 Å². The fourth-order valence-electron chi connectivity index (χ4n) is 4.54. The number of aliphatic imine (C=N–C) groups is 1. The van der Waals surface area contributed by atoms with Crippen molar-refractivity contribution in [2.45, 2.75) is 13.1 Å². The first kappa shape index (κ1) is 26.0. The van der Waals surface area contributed by atoms with Gasteiger partial charge in [-0.1, -0.05) is 41.7 Å². The lowest BCUT2D eigenvalue weighted by Gasteiger charge is -2.34. The monoisotopic (exact) mass is 542 g/mol. The Morgan fingerprint density at radius 1 is 1.05 bits per heavy atom. The number of hydrogen-bond acceptors (Lipinski definition) is 7. The minimum atomic E-state index is -4.79. The van der Waals surface area contributed by atoms with Crippen LogP contribution in [0.25, 0.3) is 10.2 Å². The summed E-state index contributed by atoms with van der Waals surface area (Å²) in [4.78, 5) is 38.3. The molecule has 1 fully saturated rings. The molecule has 2 aromatic carbocycles. The second-order valence-electron chi connectivity index (χ2n) is 9.05. The molecule has 2 aliphatic rings. The Hall–Kier alpha value is -3.64. The van der Waals surface area contributed by atoms with Crippen molar-refractivity contribution < 1.29 is 22.8 Å². The van der Waals surface area contributed by atoms with E-state index in [4.69, 9.17) is 0 Å². The number of aromatic nitrogens is 1. The van der Waals surface area contributed by atoms with Gasteiger partial charge in [0.15, 0.2) is 5.71 Å². The maximum absolute atomic E-state index is 13.9. The highest BCUT2D eigenvalue weighted by molar-refractivity contribution is 7.22. The lowest BCUT2D eigenvalue weighted by atomic mass is 9.98. The summed E-state index contributed by atoms with van der Waals surface area (Å²) in [5.41, 5.74) is 0.108. The zero-order valence-electron chi connectivity index (χ0n) is 20.6. The molecular weight excluding hydrogens is 517 g/mol. The van der Waals surface area contributed by atoms with E-state index < -0.39 is 23.7 Å². The zero-order chi connectivity index (χ0) is 26.9. The molecule has 0 saturated carbocycles. The van der Waals surface area contributed by atoms with Gasteiger partial charge < -0.3 is 4.90 Å². The highest BCUT2D eigenvalue weighted by Gasteiger charge is 2.52. The van der Waals surface area contributed by atoms with E-state index in [1.165, 1.54) is 6.92 Å². The van der Waals surface area contributed by atoms with Crippen molar-refractivity contribution >= 4 is 49.9 Å². The number of piperazine rings is 1. The number of rotatable bonds is 6. The van der Waals surface area contributed by atoms with E-state index in [1.807, 2.05) is 18.2 Å². The Kier molecular flexibility index (Phi) is 7.26. The lowest BCUT2D eigenvalue weighted by molar-refractivity contribution is -0.119. The van der Waals surface area contributed by atoms with Crippen molar-refractivity contribution in [1.29, 1.82) is 0 Å². The van der Waals surface area contributed by atoms with Crippen LogP contribution in [-0.4, -0.2) is 83.5 Å². The standard InChI is InChI=1S/C26H25F3N6O2S/c1-17(30-11-12-33-13-15-34(16-14-33)23(36)18-7-3-2-4-8-18)21-22(26(27,28)29)32-35(24(21)37)25-31-19-9-5-6-10-20(19)38-25/h2-10,21H,11-16H2,1H3. The average Bonchev–Trinajstić information content (AvgIpc) is 3.50. The number of alkyl halides is 3. The van der Waals surface area contributed by atoms with Crippen molar-refractivity contribution in [1.82, 2.24) is 14.8 Å². The van der Waals surface area contributed by atoms with Crippen LogP contribution in [0.15, 0.2) is 64.7 Å². The number of amides is 2. The number of hydrogen-bond donors (Lipinski definition) is 0. The summed E-state index contributed by atoms with van der Waals surface area (Å²) in [6, 6.07) is 16.2. The molecule has 0 N–H and O–H groups in total. The number of thiazole rings is 1. The van der Waals surface area contributed by atoms with Gasteiger partial charge in [-0.2, -0.15) is 23.3 Å². The molecule has 198 valence electrons. The van der Waals surface area contributed by atoms with Gasteiger partial charge in [0.25, 0.3) is 11.8 Å². The Labute approximate surface area is 221 Å². The molecule has 5 rings (SSSR count). The molecule has 0 bridgehead atoms. The zero-order valence-corrected chi connectivity index (χ0v) is 21.4. The molecule has 1 saturated heterocycles. The van der Waals surface area contributed by atoms with Gasteiger partial charge in [0.1, 0.15) is 5.92 Å². The second kappa shape index (κ2) is 10.6. The first-order chi connectivity index (χ1) is 18.2. The van der Waals surface area contributed by atoms with Gasteiger partial charge in [0, 0.05) is 44.0 Å². The van der Waals surface area contributed by atoms with Crippen molar-refractivity contribution in [3.05, 3.63) is 60.2 Å². The number of carbonyl (C=O) groups is 2. The summed E-state index contributed by atoms with van der Waals surface area (Å²) in [5.74, 6) is -2.44. The number of halogens is 3. The van der Waals surface area contributed by atoms with Crippen molar-refractivity contribution in [2.75, 3.05) is 44.3 Å². The Morgan fingerprint density at radius 3 is 2.42 bits per heavy atom. The molecule has 3 heterocycles. The summed E-state index contributed by atoms with van der Waals surface area (Å²) < 4.78 is 42.3. The van der Waals surface area contributed by atoms with Gasteiger partial charge in [0.05, 0.1) is 16.8 Å². The first-order valence-corrected chi connectivity index (χ1v) is 13.0. The molecule has 2 aliphatic heterocycles. The maximum Gasteiger partial charge on any atom is 0.432 e. The van der Waals surface area contributed by atoms with Crippen LogP contribution in [0.2, 0.25) is 0 Å². The van der Waals surface area contributed by atoms with E-state index >= 15 is 0 Å². The normalized spacial score (nSPS) is 19.4. The maximum atomic E-state index is 13.9. The van der Waals surface area contributed by atoms with E-state index in [-0.39, 0.29) is 23.3 Å². The van der Waals surface area contributed by atoms with Crippen LogP contribution in [0.3, 0.4) is 0 Å². The SMILES string of the molecule is CC(=NCCN1CCN(C(=O)c2ccccc2)CC1)C1C(=O)N(c2nc3ccccc3s2)N=C1C(F)(F)F. The van der Waals surface area contributed by atoms with Gasteiger partial charge in [-0.15, -0.1) is 0 Å². The van der Waals surface area contributed by atoms with E-state index in [0.717, 1.165) is 21.0 Å². The van der Waals surface area contributed by atoms with Gasteiger partial charge in [0.2, 0.25) is 5.13 Å². The second-order valence-corrected chi connectivity index (χ2v) is 10.1. The van der Waals surface area contributed by atoms with Crippen molar-refractivity contribution in [2.24, 2.45) is 16.0 Å². The fourth-order valence-corrected chi connectivity index (χ4v) is 5.46. The Bertz CT molecular complexity index is 1360. The molecule has 3 aromatic rings. The molecule has 0 radical (unpaired) electrons. The average molecular weight is 543 g/mol. The van der Waals surface area contributed by atoms with Crippen LogP contribution in [0.4, 0.5) is 18.3 Å². The number of carbonyl (C=O) groups excluding carboxylic acids is 2. The number of hydrazone groups is 1. The Morgan fingerprint density at radius 2 is 1.74 bits per heavy atom. The van der Waals surface area contributed by atoms with Crippen LogP contribution in [-0.2, 0) is 4.79 Å². The molecule has 0 spiro atoms. The lowest BCUT2D eigenvalue weighted by Crippen LogP contribution is -2.49. The van der Waals surface area contributed by atoms with Crippen LogP contribution in [0.1, 0.15) is 17.3 Å². The van der Waals surface area contributed by atoms with E-state index in [2.05, 4.69) is 20.0 Å². The summed E-state index contributed by atoms with van der Waals surface area (Å²) in [6.45, 7) is 4.55. The third kappa shape index (κ3) is 5.32. The third-order valence-electron chi connectivity index (χ3n) is 6.57. The van der Waals surface area contributed by atoms with E-state index in [9.17, 15) is 22.8 Å². The molecule has 1 aromatic heterocycles. The van der Waals surface area contributed by atoms with E-state index in [0.29, 0.717) is 43.8 Å². The van der Waals surface area contributed by atoms with Crippen molar-refractivity contribution in [3.63, 3.8) is 0 Å². The minimum Gasteiger partial charge on any atom is -0.336 e. The molecule has 1 atom stereocenters. The van der Waals surface area contributed by atoms with Gasteiger partial charge in [-0.05, 0) is 31.2 Å². The number of para-hydroxylation sites is 1. The Balaban J connectivity index is 1.22. The van der Waals surface area contributed by atoms with Gasteiger partial charge in [-0.25, -0.2) is 4.98 Å². The number of anilines is 1. The van der Waals surface area contributed by atoms with Crippen LogP contribution < -0.4 is 5.01 Å². The molecule has 0 aliphatic carbocycles. The molecule has 2 amide bonds. The molecule has 38 heavy (non-hydrogen) atoms. The molecule has 8 nitrogen and oxygen atoms in total. The highest BCUT2D eigenvalue weighted by atomic mass is 32.1. The van der Waals surface area contributed by atoms with E-state index in [1.54, 1.807) is 41.3 Å². The number of fused-ring (bicyclic) bond motifs is 1. The largest absolute Gasteiger partial charge is 0.432 e. The number of benzene rings is 2. The highest BCUT2D eigenvalue weighted by Crippen LogP contribution is 2.36.